The number of hydrogen-bond donors (Lipinski definition) is 1. The van der Waals surface area contributed by atoms with Crippen LogP contribution in [-0.2, 0) is 9.59 Å². The lowest BCUT2D eigenvalue weighted by molar-refractivity contribution is -0.132. The van der Waals surface area contributed by atoms with Crippen molar-refractivity contribution in [2.75, 3.05) is 32.8 Å². The molecule has 0 bridgehead atoms. The SMILES string of the molecule is CCOc1cc(C2/C(=C(\O)c3cc(OC)ccc3OC)C(=O)C(=O)N2c2ccc(Cl)cc2)ccc1OC. The Bertz CT molecular complexity index is 1370. The van der Waals surface area contributed by atoms with Gasteiger partial charge in [-0.2, -0.15) is 0 Å². The van der Waals surface area contributed by atoms with Crippen LogP contribution in [0.25, 0.3) is 5.76 Å². The molecule has 1 aliphatic heterocycles. The number of nitrogens with zero attached hydrogens (tertiary/aromatic N) is 1. The molecule has 1 heterocycles. The summed E-state index contributed by atoms with van der Waals surface area (Å²) < 4.78 is 21.9. The lowest BCUT2D eigenvalue weighted by Gasteiger charge is -2.26. The maximum absolute atomic E-state index is 13.5. The maximum atomic E-state index is 13.5. The van der Waals surface area contributed by atoms with Gasteiger partial charge in [0.25, 0.3) is 11.7 Å². The molecule has 192 valence electrons. The smallest absolute Gasteiger partial charge is 0.300 e. The molecule has 3 aromatic carbocycles. The second kappa shape index (κ2) is 10.8. The van der Waals surface area contributed by atoms with E-state index in [0.717, 1.165) is 0 Å². The normalized spacial score (nSPS) is 16.6. The zero-order valence-electron chi connectivity index (χ0n) is 20.8. The third kappa shape index (κ3) is 4.80. The number of hydrogen-bond acceptors (Lipinski definition) is 7. The number of halogens is 1. The number of aliphatic hydroxyl groups excluding tert-OH is 1. The van der Waals surface area contributed by atoms with E-state index in [1.807, 2.05) is 6.92 Å². The highest BCUT2D eigenvalue weighted by Crippen LogP contribution is 2.45. The summed E-state index contributed by atoms with van der Waals surface area (Å²) in [7, 11) is 4.45. The molecule has 0 radical (unpaired) electrons. The number of carbonyl (C=O) groups excluding carboxylic acids is 2. The minimum atomic E-state index is -0.984. The molecule has 1 fully saturated rings. The van der Waals surface area contributed by atoms with E-state index >= 15 is 0 Å². The van der Waals surface area contributed by atoms with Gasteiger partial charge in [0.15, 0.2) is 11.5 Å². The van der Waals surface area contributed by atoms with E-state index in [1.54, 1.807) is 60.7 Å². The Morgan fingerprint density at radius 3 is 2.19 bits per heavy atom. The van der Waals surface area contributed by atoms with Crippen LogP contribution >= 0.6 is 11.6 Å². The van der Waals surface area contributed by atoms with Crippen molar-refractivity contribution in [2.24, 2.45) is 0 Å². The highest BCUT2D eigenvalue weighted by atomic mass is 35.5. The topological polar surface area (TPSA) is 94.5 Å². The quantitative estimate of drug-likeness (QED) is 0.240. The van der Waals surface area contributed by atoms with E-state index in [2.05, 4.69) is 0 Å². The molecule has 9 heteroatoms. The van der Waals surface area contributed by atoms with E-state index in [0.29, 0.717) is 45.9 Å². The number of carbonyl (C=O) groups is 2. The van der Waals surface area contributed by atoms with Gasteiger partial charge >= 0.3 is 0 Å². The van der Waals surface area contributed by atoms with Crippen molar-refractivity contribution in [1.29, 1.82) is 0 Å². The monoisotopic (exact) mass is 523 g/mol. The van der Waals surface area contributed by atoms with Crippen LogP contribution in [0.3, 0.4) is 0 Å². The van der Waals surface area contributed by atoms with Crippen molar-refractivity contribution in [2.45, 2.75) is 13.0 Å². The molecule has 1 saturated heterocycles. The molecule has 1 atom stereocenters. The van der Waals surface area contributed by atoms with Gasteiger partial charge in [-0.3, -0.25) is 14.5 Å². The summed E-state index contributed by atoms with van der Waals surface area (Å²) in [6.07, 6.45) is 0. The van der Waals surface area contributed by atoms with Gasteiger partial charge in [-0.25, -0.2) is 0 Å². The van der Waals surface area contributed by atoms with Crippen LogP contribution in [0.2, 0.25) is 5.02 Å². The van der Waals surface area contributed by atoms with E-state index < -0.39 is 23.5 Å². The zero-order chi connectivity index (χ0) is 26.7. The summed E-state index contributed by atoms with van der Waals surface area (Å²) in [4.78, 5) is 28.2. The highest BCUT2D eigenvalue weighted by Gasteiger charge is 2.47. The number of aliphatic hydroxyl groups is 1. The predicted octanol–water partition coefficient (Wildman–Crippen LogP) is 5.39. The van der Waals surface area contributed by atoms with Crippen molar-refractivity contribution in [3.05, 3.63) is 82.4 Å². The van der Waals surface area contributed by atoms with Crippen molar-refractivity contribution >= 4 is 34.7 Å². The number of Topliss-reactive ketones (excluding diaryl/α,β-unsaturated/α-hetero) is 1. The van der Waals surface area contributed by atoms with Crippen LogP contribution in [-0.4, -0.2) is 44.7 Å². The second-order valence-electron chi connectivity index (χ2n) is 8.06. The number of benzene rings is 3. The summed E-state index contributed by atoms with van der Waals surface area (Å²) >= 11 is 6.07. The fourth-order valence-corrected chi connectivity index (χ4v) is 4.42. The van der Waals surface area contributed by atoms with Crippen LogP contribution in [0.1, 0.15) is 24.1 Å². The van der Waals surface area contributed by atoms with Crippen LogP contribution < -0.4 is 23.8 Å². The minimum absolute atomic E-state index is 0.112. The summed E-state index contributed by atoms with van der Waals surface area (Å²) in [6.45, 7) is 2.21. The molecule has 1 aliphatic rings. The molecular weight excluding hydrogens is 498 g/mol. The van der Waals surface area contributed by atoms with Gasteiger partial charge in [0.1, 0.15) is 17.3 Å². The van der Waals surface area contributed by atoms with Gasteiger partial charge in [-0.1, -0.05) is 17.7 Å². The lowest BCUT2D eigenvalue weighted by atomic mass is 9.94. The first-order valence-electron chi connectivity index (χ1n) is 11.4. The molecule has 1 amide bonds. The number of ether oxygens (including phenoxy) is 4. The number of amides is 1. The second-order valence-corrected chi connectivity index (χ2v) is 8.49. The first kappa shape index (κ1) is 25.9. The van der Waals surface area contributed by atoms with E-state index in [1.165, 1.54) is 26.2 Å². The third-order valence-electron chi connectivity index (χ3n) is 6.01. The predicted molar refractivity (Wildman–Crippen MR) is 140 cm³/mol. The highest BCUT2D eigenvalue weighted by molar-refractivity contribution is 6.51. The van der Waals surface area contributed by atoms with E-state index in [9.17, 15) is 14.7 Å². The number of anilines is 1. The molecule has 4 rings (SSSR count). The van der Waals surface area contributed by atoms with Crippen LogP contribution in [0.5, 0.6) is 23.0 Å². The molecule has 1 unspecified atom stereocenters. The molecule has 0 aliphatic carbocycles. The third-order valence-corrected chi connectivity index (χ3v) is 6.27. The Balaban J connectivity index is 2.00. The van der Waals surface area contributed by atoms with Gasteiger partial charge in [-0.05, 0) is 67.1 Å². The number of methoxy groups -OCH3 is 3. The molecule has 1 N–H and O–H groups in total. The van der Waals surface area contributed by atoms with Gasteiger partial charge in [0, 0.05) is 10.7 Å². The first-order valence-corrected chi connectivity index (χ1v) is 11.8. The molecule has 0 aromatic heterocycles. The number of rotatable bonds is 8. The maximum Gasteiger partial charge on any atom is 0.300 e. The van der Waals surface area contributed by atoms with Crippen molar-refractivity contribution in [3.8, 4) is 23.0 Å². The van der Waals surface area contributed by atoms with Gasteiger partial charge in [-0.15, -0.1) is 0 Å². The van der Waals surface area contributed by atoms with Crippen molar-refractivity contribution in [3.63, 3.8) is 0 Å². The molecule has 0 saturated carbocycles. The molecule has 0 spiro atoms. The van der Waals surface area contributed by atoms with Crippen LogP contribution in [0.4, 0.5) is 5.69 Å². The van der Waals surface area contributed by atoms with Gasteiger partial charge in [0.05, 0.1) is 45.1 Å². The fourth-order valence-electron chi connectivity index (χ4n) is 4.29. The fraction of sp³-hybridized carbons (Fsp3) is 0.214. The zero-order valence-corrected chi connectivity index (χ0v) is 21.5. The first-order chi connectivity index (χ1) is 17.8. The summed E-state index contributed by atoms with van der Waals surface area (Å²) in [5, 5.41) is 12.0. The van der Waals surface area contributed by atoms with E-state index in [-0.39, 0.29) is 11.1 Å². The Labute approximate surface area is 219 Å². The molecular formula is C28H26ClNO7. The molecule has 3 aromatic rings. The van der Waals surface area contributed by atoms with Crippen molar-refractivity contribution < 1.29 is 33.6 Å². The standard InChI is InChI=1S/C28H26ClNO7/c1-5-37-23-14-16(6-12-22(23)36-4)25-24(26(31)20-15-19(34-2)11-13-21(20)35-3)27(32)28(33)30(25)18-9-7-17(29)8-10-18/h6-15,25,31H,5H2,1-4H3/b26-24+. The Kier molecular flexibility index (Phi) is 7.59. The van der Waals surface area contributed by atoms with Gasteiger partial charge < -0.3 is 24.1 Å². The largest absolute Gasteiger partial charge is 0.507 e. The molecule has 37 heavy (non-hydrogen) atoms. The van der Waals surface area contributed by atoms with Crippen LogP contribution in [0, 0.1) is 0 Å². The summed E-state index contributed by atoms with van der Waals surface area (Å²) in [5.41, 5.74) is 1.06. The Morgan fingerprint density at radius 1 is 0.892 bits per heavy atom. The average Bonchev–Trinajstić information content (AvgIpc) is 3.18. The average molecular weight is 524 g/mol. The lowest BCUT2D eigenvalue weighted by Crippen LogP contribution is -2.29. The van der Waals surface area contributed by atoms with Crippen molar-refractivity contribution in [1.82, 2.24) is 0 Å². The Morgan fingerprint density at radius 2 is 1.57 bits per heavy atom. The molecule has 8 nitrogen and oxygen atoms in total. The Hall–Kier alpha value is -4.17. The number of ketones is 1. The minimum Gasteiger partial charge on any atom is -0.507 e. The van der Waals surface area contributed by atoms with Gasteiger partial charge in [0.2, 0.25) is 0 Å². The van der Waals surface area contributed by atoms with E-state index in [4.69, 9.17) is 30.5 Å². The summed E-state index contributed by atoms with van der Waals surface area (Å²) in [5.74, 6) is -0.384. The summed E-state index contributed by atoms with van der Waals surface area (Å²) in [6, 6.07) is 15.5. The van der Waals surface area contributed by atoms with Crippen LogP contribution in [0.15, 0.2) is 66.2 Å².